The van der Waals surface area contributed by atoms with Crippen molar-refractivity contribution in [3.05, 3.63) is 89.0 Å². The van der Waals surface area contributed by atoms with E-state index in [1.54, 1.807) is 55.7 Å². The lowest BCUT2D eigenvalue weighted by Crippen LogP contribution is -2.15. The van der Waals surface area contributed by atoms with Crippen molar-refractivity contribution in [3.8, 4) is 11.4 Å². The Morgan fingerprint density at radius 2 is 1.90 bits per heavy atom. The number of hydrogen-bond donors (Lipinski definition) is 1. The molecule has 0 spiro atoms. The molecule has 0 saturated carbocycles. The number of halogens is 1. The second kappa shape index (κ2) is 8.25. The molecule has 0 atom stereocenters. The van der Waals surface area contributed by atoms with Gasteiger partial charge < -0.3 is 4.52 Å². The molecule has 9 heteroatoms. The highest BCUT2D eigenvalue weighted by molar-refractivity contribution is 7.92. The van der Waals surface area contributed by atoms with E-state index in [1.807, 2.05) is 12.1 Å². The summed E-state index contributed by atoms with van der Waals surface area (Å²) in [6, 6.07) is 15.4. The fourth-order valence-electron chi connectivity index (χ4n) is 2.95. The van der Waals surface area contributed by atoms with Gasteiger partial charge in [0.25, 0.3) is 10.0 Å². The van der Waals surface area contributed by atoms with Crippen LogP contribution < -0.4 is 4.72 Å². The number of sulfonamides is 1. The molecule has 2 aromatic heterocycles. The normalized spacial score (nSPS) is 11.4. The van der Waals surface area contributed by atoms with Gasteiger partial charge in [0.1, 0.15) is 0 Å². The lowest BCUT2D eigenvalue weighted by Gasteiger charge is -2.13. The zero-order valence-corrected chi connectivity index (χ0v) is 17.5. The molecular weight excluding hydrogens is 424 g/mol. The number of rotatable bonds is 6. The lowest BCUT2D eigenvalue weighted by molar-refractivity contribution is 0.386. The van der Waals surface area contributed by atoms with Gasteiger partial charge in [0, 0.05) is 23.0 Å². The van der Waals surface area contributed by atoms with E-state index in [0.717, 1.165) is 5.56 Å². The Morgan fingerprint density at radius 3 is 2.70 bits per heavy atom. The van der Waals surface area contributed by atoms with E-state index < -0.39 is 10.0 Å². The fraction of sp³-hybridized carbons (Fsp3) is 0.0952. The second-order valence-corrected chi connectivity index (χ2v) is 8.61. The third kappa shape index (κ3) is 4.19. The fourth-order valence-corrected chi connectivity index (χ4v) is 4.55. The highest BCUT2D eigenvalue weighted by Gasteiger charge is 2.20. The van der Waals surface area contributed by atoms with Gasteiger partial charge in [-0.15, -0.1) is 0 Å². The molecule has 2 aromatic carbocycles. The largest absolute Gasteiger partial charge is 0.339 e. The van der Waals surface area contributed by atoms with Gasteiger partial charge in [-0.2, -0.15) is 4.98 Å². The van der Waals surface area contributed by atoms with Gasteiger partial charge in [-0.05, 0) is 48.4 Å². The summed E-state index contributed by atoms with van der Waals surface area (Å²) >= 11 is 6.09. The smallest absolute Gasteiger partial charge is 0.262 e. The number of anilines is 1. The Kier molecular flexibility index (Phi) is 5.52. The van der Waals surface area contributed by atoms with Crippen LogP contribution >= 0.6 is 11.6 Å². The summed E-state index contributed by atoms with van der Waals surface area (Å²) in [5.74, 6) is 0.783. The van der Waals surface area contributed by atoms with Crippen LogP contribution in [0.1, 0.15) is 17.0 Å². The van der Waals surface area contributed by atoms with Gasteiger partial charge in [-0.25, -0.2) is 8.42 Å². The lowest BCUT2D eigenvalue weighted by atomic mass is 10.1. The molecule has 0 saturated heterocycles. The zero-order chi connectivity index (χ0) is 21.1. The Morgan fingerprint density at radius 1 is 1.07 bits per heavy atom. The topological polar surface area (TPSA) is 98.0 Å². The molecule has 0 unspecified atom stereocenters. The first-order chi connectivity index (χ1) is 14.4. The zero-order valence-electron chi connectivity index (χ0n) is 15.9. The van der Waals surface area contributed by atoms with E-state index in [-0.39, 0.29) is 11.3 Å². The van der Waals surface area contributed by atoms with E-state index in [2.05, 4.69) is 19.8 Å². The summed E-state index contributed by atoms with van der Waals surface area (Å²) in [6.07, 6.45) is 3.57. The molecule has 1 N–H and O–H groups in total. The Bertz CT molecular complexity index is 1290. The molecule has 0 radical (unpaired) electrons. The highest BCUT2D eigenvalue weighted by atomic mass is 35.5. The van der Waals surface area contributed by atoms with Crippen LogP contribution in [0.3, 0.4) is 0 Å². The average Bonchev–Trinajstić information content (AvgIpc) is 3.20. The van der Waals surface area contributed by atoms with Crippen molar-refractivity contribution in [1.29, 1.82) is 0 Å². The number of pyridine rings is 1. The molecule has 7 nitrogen and oxygen atoms in total. The maximum atomic E-state index is 12.9. The minimum absolute atomic E-state index is 0.126. The number of para-hydroxylation sites is 1. The van der Waals surface area contributed by atoms with E-state index in [0.29, 0.717) is 33.6 Å². The monoisotopic (exact) mass is 440 g/mol. The van der Waals surface area contributed by atoms with Gasteiger partial charge >= 0.3 is 0 Å². The molecule has 0 aliphatic rings. The van der Waals surface area contributed by atoms with Gasteiger partial charge in [-0.1, -0.05) is 41.0 Å². The first kappa shape index (κ1) is 20.1. The third-order valence-corrected chi connectivity index (χ3v) is 6.42. The number of nitrogens with one attached hydrogen (secondary N) is 1. The molecule has 0 amide bonds. The summed E-state index contributed by atoms with van der Waals surface area (Å²) < 4.78 is 33.9. The molecule has 0 fully saturated rings. The van der Waals surface area contributed by atoms with E-state index in [9.17, 15) is 8.42 Å². The second-order valence-electron chi connectivity index (χ2n) is 6.56. The maximum absolute atomic E-state index is 12.9. The SMILES string of the molecule is Cc1c(Cl)cccc1S(=O)(=O)Nc1ccccc1Cc1nc(-c2cccnc2)no1. The summed E-state index contributed by atoms with van der Waals surface area (Å²) in [5.41, 5.74) is 2.35. The Labute approximate surface area is 178 Å². The van der Waals surface area contributed by atoms with Crippen molar-refractivity contribution in [2.75, 3.05) is 4.72 Å². The van der Waals surface area contributed by atoms with Gasteiger partial charge in [0.2, 0.25) is 11.7 Å². The molecular formula is C21H17ClN4O3S. The number of nitrogens with zero attached hydrogens (tertiary/aromatic N) is 3. The number of aromatic nitrogens is 3. The standard InChI is InChI=1S/C21H17ClN4O3S/c1-14-17(22)8-4-10-19(14)30(27,28)26-18-9-3-2-6-15(18)12-20-24-21(25-29-20)16-7-5-11-23-13-16/h2-11,13,26H,12H2,1H3. The van der Waals surface area contributed by atoms with Crippen LogP contribution in [0.25, 0.3) is 11.4 Å². The summed E-state index contributed by atoms with van der Waals surface area (Å²) in [5, 5.41) is 4.37. The van der Waals surface area contributed by atoms with Crippen molar-refractivity contribution < 1.29 is 12.9 Å². The van der Waals surface area contributed by atoms with Crippen molar-refractivity contribution in [2.45, 2.75) is 18.2 Å². The van der Waals surface area contributed by atoms with Crippen LogP contribution in [0.4, 0.5) is 5.69 Å². The molecule has 2 heterocycles. The summed E-state index contributed by atoms with van der Waals surface area (Å²) in [7, 11) is -3.83. The Hall–Kier alpha value is -3.23. The molecule has 0 aliphatic carbocycles. The van der Waals surface area contributed by atoms with Crippen LogP contribution in [-0.4, -0.2) is 23.5 Å². The van der Waals surface area contributed by atoms with Gasteiger partial charge in [0.05, 0.1) is 17.0 Å². The maximum Gasteiger partial charge on any atom is 0.262 e. The van der Waals surface area contributed by atoms with Crippen LogP contribution in [0.15, 0.2) is 76.4 Å². The predicted molar refractivity (Wildman–Crippen MR) is 114 cm³/mol. The van der Waals surface area contributed by atoms with E-state index >= 15 is 0 Å². The van der Waals surface area contributed by atoms with Crippen LogP contribution in [0, 0.1) is 6.92 Å². The van der Waals surface area contributed by atoms with E-state index in [4.69, 9.17) is 16.1 Å². The molecule has 0 aliphatic heterocycles. The molecule has 4 aromatic rings. The van der Waals surface area contributed by atoms with Crippen LogP contribution in [0.2, 0.25) is 5.02 Å². The van der Waals surface area contributed by atoms with Gasteiger partial charge in [-0.3, -0.25) is 9.71 Å². The molecule has 4 rings (SSSR count). The van der Waals surface area contributed by atoms with Crippen molar-refractivity contribution >= 4 is 27.3 Å². The summed E-state index contributed by atoms with van der Waals surface area (Å²) in [4.78, 5) is 8.55. The average molecular weight is 441 g/mol. The number of benzene rings is 2. The molecule has 0 bridgehead atoms. The minimum atomic E-state index is -3.83. The van der Waals surface area contributed by atoms with Crippen LogP contribution in [-0.2, 0) is 16.4 Å². The van der Waals surface area contributed by atoms with Gasteiger partial charge in [0.15, 0.2) is 0 Å². The highest BCUT2D eigenvalue weighted by Crippen LogP contribution is 2.27. The Balaban J connectivity index is 1.61. The van der Waals surface area contributed by atoms with Crippen molar-refractivity contribution in [3.63, 3.8) is 0 Å². The summed E-state index contributed by atoms with van der Waals surface area (Å²) in [6.45, 7) is 1.67. The molecule has 30 heavy (non-hydrogen) atoms. The van der Waals surface area contributed by atoms with Crippen molar-refractivity contribution in [2.24, 2.45) is 0 Å². The first-order valence-electron chi connectivity index (χ1n) is 9.03. The first-order valence-corrected chi connectivity index (χ1v) is 10.9. The minimum Gasteiger partial charge on any atom is -0.339 e. The quantitative estimate of drug-likeness (QED) is 0.474. The number of hydrogen-bond acceptors (Lipinski definition) is 6. The van der Waals surface area contributed by atoms with E-state index in [1.165, 1.54) is 6.07 Å². The predicted octanol–water partition coefficient (Wildman–Crippen LogP) is 4.49. The third-order valence-electron chi connectivity index (χ3n) is 4.50. The molecule has 152 valence electrons. The van der Waals surface area contributed by atoms with Crippen LogP contribution in [0.5, 0.6) is 0 Å². The van der Waals surface area contributed by atoms with Crippen molar-refractivity contribution in [1.82, 2.24) is 15.1 Å².